The van der Waals surface area contributed by atoms with E-state index in [4.69, 9.17) is 4.74 Å². The maximum Gasteiger partial charge on any atom is 0.118 e. The summed E-state index contributed by atoms with van der Waals surface area (Å²) in [5.41, 5.74) is 2.71. The smallest absolute Gasteiger partial charge is 0.118 e. The number of likely N-dealkylation sites (tertiary alicyclic amines) is 1. The Morgan fingerprint density at radius 3 is 2.77 bits per heavy atom. The molecule has 2 heterocycles. The van der Waals surface area contributed by atoms with E-state index in [0.717, 1.165) is 31.7 Å². The molecule has 1 N–H and O–H groups in total. The van der Waals surface area contributed by atoms with Crippen LogP contribution in [0, 0.1) is 5.92 Å². The summed E-state index contributed by atoms with van der Waals surface area (Å²) < 4.78 is 5.22. The molecule has 2 aromatic rings. The molecule has 4 nitrogen and oxygen atoms in total. The molecule has 1 aromatic heterocycles. The molecule has 1 aliphatic heterocycles. The minimum atomic E-state index is 0.477. The van der Waals surface area contributed by atoms with E-state index >= 15 is 0 Å². The molecule has 1 unspecified atom stereocenters. The van der Waals surface area contributed by atoms with Gasteiger partial charge in [-0.2, -0.15) is 0 Å². The van der Waals surface area contributed by atoms with Crippen molar-refractivity contribution >= 4 is 0 Å². The molecule has 26 heavy (non-hydrogen) atoms. The summed E-state index contributed by atoms with van der Waals surface area (Å²) in [5.74, 6) is 1.57. The van der Waals surface area contributed by atoms with Crippen LogP contribution in [0.4, 0.5) is 0 Å². The zero-order valence-corrected chi connectivity index (χ0v) is 16.2. The van der Waals surface area contributed by atoms with Gasteiger partial charge in [0.25, 0.3) is 0 Å². The van der Waals surface area contributed by atoms with Crippen LogP contribution >= 0.6 is 0 Å². The quantitative estimate of drug-likeness (QED) is 0.785. The van der Waals surface area contributed by atoms with Crippen LogP contribution in [0.3, 0.4) is 0 Å². The average Bonchev–Trinajstić information content (AvgIpc) is 3.06. The summed E-state index contributed by atoms with van der Waals surface area (Å²) in [6, 6.07) is 13.7. The number of benzene rings is 1. The third-order valence-electron chi connectivity index (χ3n) is 5.55. The third kappa shape index (κ3) is 4.83. The Bertz CT molecular complexity index is 659. The number of ether oxygens (including phenoxy) is 1. The van der Waals surface area contributed by atoms with Crippen LogP contribution in [-0.2, 0) is 6.42 Å². The van der Waals surface area contributed by atoms with E-state index in [0.29, 0.717) is 18.0 Å². The van der Waals surface area contributed by atoms with E-state index in [9.17, 15) is 0 Å². The molecule has 3 rings (SSSR count). The fourth-order valence-electron chi connectivity index (χ4n) is 3.95. The Morgan fingerprint density at radius 2 is 2.08 bits per heavy atom. The van der Waals surface area contributed by atoms with Gasteiger partial charge in [-0.15, -0.1) is 0 Å². The minimum absolute atomic E-state index is 0.477. The van der Waals surface area contributed by atoms with Crippen LogP contribution in [0.2, 0.25) is 0 Å². The van der Waals surface area contributed by atoms with E-state index in [2.05, 4.69) is 47.4 Å². The lowest BCUT2D eigenvalue weighted by atomic mass is 9.94. The normalized spacial score (nSPS) is 21.7. The van der Waals surface area contributed by atoms with Crippen molar-refractivity contribution in [3.05, 3.63) is 59.9 Å². The first-order valence-electron chi connectivity index (χ1n) is 9.64. The van der Waals surface area contributed by atoms with Crippen molar-refractivity contribution in [1.82, 2.24) is 15.2 Å². The molecule has 1 aromatic carbocycles. The predicted molar refractivity (Wildman–Crippen MR) is 106 cm³/mol. The van der Waals surface area contributed by atoms with Crippen molar-refractivity contribution in [2.45, 2.75) is 38.3 Å². The van der Waals surface area contributed by atoms with Crippen molar-refractivity contribution in [3.8, 4) is 5.75 Å². The predicted octanol–water partition coefficient (Wildman–Crippen LogP) is 3.69. The largest absolute Gasteiger partial charge is 0.497 e. The maximum atomic E-state index is 5.22. The summed E-state index contributed by atoms with van der Waals surface area (Å²) in [7, 11) is 3.94. The zero-order chi connectivity index (χ0) is 18.4. The summed E-state index contributed by atoms with van der Waals surface area (Å²) in [6.45, 7) is 4.51. The second-order valence-corrected chi connectivity index (χ2v) is 7.46. The Labute approximate surface area is 157 Å². The van der Waals surface area contributed by atoms with Gasteiger partial charge in [0, 0.05) is 31.0 Å². The second-order valence-electron chi connectivity index (χ2n) is 7.46. The van der Waals surface area contributed by atoms with Crippen molar-refractivity contribution in [2.75, 3.05) is 27.2 Å². The van der Waals surface area contributed by atoms with Crippen LogP contribution in [0.25, 0.3) is 0 Å². The summed E-state index contributed by atoms with van der Waals surface area (Å²) in [5, 5.41) is 3.77. The van der Waals surface area contributed by atoms with E-state index < -0.39 is 0 Å². The fraction of sp³-hybridized carbons (Fsp3) is 0.500. The van der Waals surface area contributed by atoms with Gasteiger partial charge < -0.3 is 10.1 Å². The van der Waals surface area contributed by atoms with Crippen LogP contribution in [0.15, 0.2) is 48.8 Å². The number of rotatable bonds is 8. The lowest BCUT2D eigenvalue weighted by Crippen LogP contribution is -2.34. The third-order valence-corrected chi connectivity index (χ3v) is 5.55. The molecule has 0 bridgehead atoms. The number of aryl methyl sites for hydroxylation is 1. The van der Waals surface area contributed by atoms with Crippen LogP contribution in [0.1, 0.15) is 36.9 Å². The number of pyridine rings is 1. The lowest BCUT2D eigenvalue weighted by molar-refractivity contribution is 0.267. The molecule has 0 aliphatic carbocycles. The molecular formula is C22H31N3O. The molecule has 1 aliphatic rings. The highest BCUT2D eigenvalue weighted by Gasteiger charge is 2.32. The highest BCUT2D eigenvalue weighted by molar-refractivity contribution is 5.27. The van der Waals surface area contributed by atoms with Crippen molar-refractivity contribution < 1.29 is 4.74 Å². The lowest BCUT2D eigenvalue weighted by Gasteiger charge is -2.26. The SMILES string of the molecule is COc1ccc(CCC(C)NC[C@@H]2CCN(C)[C@H]2c2cccnc2)cc1. The van der Waals surface area contributed by atoms with E-state index in [1.807, 2.05) is 30.6 Å². The molecule has 0 amide bonds. The Morgan fingerprint density at radius 1 is 1.27 bits per heavy atom. The maximum absolute atomic E-state index is 5.22. The molecule has 1 saturated heterocycles. The van der Waals surface area contributed by atoms with Crippen molar-refractivity contribution in [1.29, 1.82) is 0 Å². The molecule has 4 heteroatoms. The highest BCUT2D eigenvalue weighted by atomic mass is 16.5. The minimum Gasteiger partial charge on any atom is -0.497 e. The van der Waals surface area contributed by atoms with Crippen molar-refractivity contribution in [2.24, 2.45) is 5.92 Å². The molecule has 0 saturated carbocycles. The van der Waals surface area contributed by atoms with Crippen molar-refractivity contribution in [3.63, 3.8) is 0 Å². The number of nitrogens with one attached hydrogen (secondary N) is 1. The highest BCUT2D eigenvalue weighted by Crippen LogP contribution is 2.35. The average molecular weight is 354 g/mol. The van der Waals surface area contributed by atoms with Crippen LogP contribution in [-0.4, -0.2) is 43.2 Å². The van der Waals surface area contributed by atoms with E-state index in [1.54, 1.807) is 7.11 Å². The first kappa shape index (κ1) is 18.9. The Kier molecular flexibility index (Phi) is 6.64. The van der Waals surface area contributed by atoms with Gasteiger partial charge in [-0.05, 0) is 75.0 Å². The molecule has 140 valence electrons. The number of hydrogen-bond donors (Lipinski definition) is 1. The monoisotopic (exact) mass is 353 g/mol. The van der Waals surface area contributed by atoms with Crippen LogP contribution < -0.4 is 10.1 Å². The molecule has 0 radical (unpaired) electrons. The topological polar surface area (TPSA) is 37.4 Å². The molecule has 0 spiro atoms. The Balaban J connectivity index is 1.48. The first-order valence-corrected chi connectivity index (χ1v) is 9.64. The van der Waals surface area contributed by atoms with Gasteiger partial charge >= 0.3 is 0 Å². The van der Waals surface area contributed by atoms with E-state index in [1.165, 1.54) is 17.5 Å². The first-order chi connectivity index (χ1) is 12.7. The Hall–Kier alpha value is -1.91. The molecular weight excluding hydrogens is 322 g/mol. The summed E-state index contributed by atoms with van der Waals surface area (Å²) in [6.07, 6.45) is 7.36. The van der Waals surface area contributed by atoms with Gasteiger partial charge in [0.2, 0.25) is 0 Å². The summed E-state index contributed by atoms with van der Waals surface area (Å²) in [4.78, 5) is 6.78. The van der Waals surface area contributed by atoms with Gasteiger partial charge in [0.05, 0.1) is 7.11 Å². The number of methoxy groups -OCH3 is 1. The number of hydrogen-bond acceptors (Lipinski definition) is 4. The van der Waals surface area contributed by atoms with Gasteiger partial charge in [0.15, 0.2) is 0 Å². The summed E-state index contributed by atoms with van der Waals surface area (Å²) >= 11 is 0. The van der Waals surface area contributed by atoms with Gasteiger partial charge in [-0.1, -0.05) is 18.2 Å². The second kappa shape index (κ2) is 9.15. The standard InChI is InChI=1S/C22H31N3O/c1-17(6-7-18-8-10-21(26-3)11-9-18)24-16-20-12-14-25(2)22(20)19-5-4-13-23-15-19/h4-5,8-11,13,15,17,20,22,24H,6-7,12,14,16H2,1-3H3/t17?,20-,22-/m0/s1. The zero-order valence-electron chi connectivity index (χ0n) is 16.2. The van der Waals surface area contributed by atoms with Gasteiger partial charge in [-0.3, -0.25) is 9.88 Å². The molecule has 3 atom stereocenters. The number of nitrogens with zero attached hydrogens (tertiary/aromatic N) is 2. The fourth-order valence-corrected chi connectivity index (χ4v) is 3.95. The number of aromatic nitrogens is 1. The van der Waals surface area contributed by atoms with Crippen LogP contribution in [0.5, 0.6) is 5.75 Å². The van der Waals surface area contributed by atoms with E-state index in [-0.39, 0.29) is 0 Å². The van der Waals surface area contributed by atoms with Gasteiger partial charge in [0.1, 0.15) is 5.75 Å². The molecule has 1 fully saturated rings. The van der Waals surface area contributed by atoms with Gasteiger partial charge in [-0.25, -0.2) is 0 Å².